The van der Waals surface area contributed by atoms with Crippen molar-refractivity contribution >= 4 is 17.6 Å². The van der Waals surface area contributed by atoms with Crippen molar-refractivity contribution in [2.45, 2.75) is 19.9 Å². The Hall–Kier alpha value is -4.47. The van der Waals surface area contributed by atoms with Gasteiger partial charge in [0.15, 0.2) is 5.43 Å². The van der Waals surface area contributed by atoms with Crippen molar-refractivity contribution in [1.82, 2.24) is 19.9 Å². The van der Waals surface area contributed by atoms with Crippen LogP contribution in [0.2, 0.25) is 0 Å². The van der Waals surface area contributed by atoms with Crippen molar-refractivity contribution in [2.75, 3.05) is 7.11 Å². The molecule has 0 aliphatic rings. The van der Waals surface area contributed by atoms with Gasteiger partial charge in [0.05, 0.1) is 18.2 Å². The summed E-state index contributed by atoms with van der Waals surface area (Å²) in [5, 5.41) is 15.9. The minimum absolute atomic E-state index is 0.166. The number of fused-ring (bicyclic) bond motifs is 1. The van der Waals surface area contributed by atoms with Gasteiger partial charge in [-0.2, -0.15) is 0 Å². The summed E-state index contributed by atoms with van der Waals surface area (Å²) in [6, 6.07) is 9.72. The zero-order chi connectivity index (χ0) is 23.5. The van der Waals surface area contributed by atoms with Gasteiger partial charge in [-0.3, -0.25) is 9.59 Å². The van der Waals surface area contributed by atoms with E-state index in [1.54, 1.807) is 37.4 Å². The number of nitrogens with one attached hydrogen (secondary N) is 1. The first-order chi connectivity index (χ1) is 15.9. The molecular weight excluding hydrogens is 428 g/mol. The fourth-order valence-electron chi connectivity index (χ4n) is 3.31. The van der Waals surface area contributed by atoms with Gasteiger partial charge in [-0.05, 0) is 36.2 Å². The van der Waals surface area contributed by atoms with Crippen molar-refractivity contribution in [1.29, 1.82) is 0 Å². The second-order valence-electron chi connectivity index (χ2n) is 7.33. The van der Waals surface area contributed by atoms with Gasteiger partial charge in [0.25, 0.3) is 0 Å². The summed E-state index contributed by atoms with van der Waals surface area (Å²) < 4.78 is 12.0. The number of nitrogens with zero attached hydrogens (tertiary/aromatic N) is 3. The van der Waals surface area contributed by atoms with Gasteiger partial charge >= 0.3 is 17.8 Å². The zero-order valence-corrected chi connectivity index (χ0v) is 17.9. The van der Waals surface area contributed by atoms with E-state index in [9.17, 15) is 14.4 Å². The molecule has 0 saturated carbocycles. The molecule has 0 aliphatic carbocycles. The number of amides is 1. The van der Waals surface area contributed by atoms with Crippen LogP contribution >= 0.6 is 0 Å². The van der Waals surface area contributed by atoms with E-state index in [1.807, 2.05) is 0 Å². The number of carbonyl (C=O) groups is 2. The molecule has 0 bridgehead atoms. The molecule has 1 aromatic carbocycles. The Bertz CT molecular complexity index is 1400. The van der Waals surface area contributed by atoms with E-state index in [4.69, 9.17) is 14.3 Å². The predicted octanol–water partition coefficient (Wildman–Crippen LogP) is 2.22. The number of carboxylic acids is 1. The number of carbonyl (C=O) groups excluding carboxylic acids is 1. The number of benzene rings is 1. The average molecular weight is 448 g/mol. The van der Waals surface area contributed by atoms with Crippen molar-refractivity contribution in [2.24, 2.45) is 0 Å². The van der Waals surface area contributed by atoms with E-state index in [2.05, 4.69) is 15.4 Å². The fraction of sp³-hybridized carbons (Fsp3) is 0.174. The van der Waals surface area contributed by atoms with Gasteiger partial charge in [0, 0.05) is 37.0 Å². The first kappa shape index (κ1) is 21.8. The minimum atomic E-state index is -1.02. The quantitative estimate of drug-likeness (QED) is 0.439. The molecule has 1 amide bonds. The predicted molar refractivity (Wildman–Crippen MR) is 117 cm³/mol. The number of aromatic carboxylic acids is 1. The topological polar surface area (TPSA) is 136 Å². The summed E-state index contributed by atoms with van der Waals surface area (Å²) >= 11 is 0. The van der Waals surface area contributed by atoms with Crippen LogP contribution in [-0.4, -0.2) is 38.7 Å². The van der Waals surface area contributed by atoms with Crippen molar-refractivity contribution in [3.8, 4) is 5.88 Å². The van der Waals surface area contributed by atoms with Gasteiger partial charge in [-0.1, -0.05) is 12.1 Å². The third-order valence-electron chi connectivity index (χ3n) is 5.08. The van der Waals surface area contributed by atoms with Crippen LogP contribution in [0.1, 0.15) is 43.3 Å². The lowest BCUT2D eigenvalue weighted by molar-refractivity contribution is 0.0696. The Balaban J connectivity index is 1.55. The van der Waals surface area contributed by atoms with E-state index < -0.39 is 11.9 Å². The standard InChI is InChI=1S/C23H20N4O6/c1-13-19(28)17(9-14-3-5-16(6-4-14)23(30)31)12-27-22(13)33-21(26-27)20(29)25-11-15-7-8-24-18(10-15)32-2/h3-8,10,12H,9,11H2,1-2H3,(H,25,29)(H,30,31). The molecule has 0 fully saturated rings. The van der Waals surface area contributed by atoms with Gasteiger partial charge in [0.2, 0.25) is 11.6 Å². The number of carboxylic acid groups (broad SMARTS) is 1. The molecule has 3 aromatic heterocycles. The van der Waals surface area contributed by atoms with Crippen LogP contribution in [0.3, 0.4) is 0 Å². The maximum absolute atomic E-state index is 12.8. The summed E-state index contributed by atoms with van der Waals surface area (Å²) in [7, 11) is 1.51. The van der Waals surface area contributed by atoms with Gasteiger partial charge in [-0.15, -0.1) is 5.10 Å². The van der Waals surface area contributed by atoms with Crippen molar-refractivity contribution in [3.05, 3.63) is 92.7 Å². The van der Waals surface area contributed by atoms with E-state index in [0.29, 0.717) is 17.0 Å². The van der Waals surface area contributed by atoms with Gasteiger partial charge in [-0.25, -0.2) is 14.3 Å². The average Bonchev–Trinajstić information content (AvgIpc) is 3.25. The van der Waals surface area contributed by atoms with Gasteiger partial charge < -0.3 is 19.6 Å². The molecule has 0 spiro atoms. The Labute approximate surface area is 187 Å². The minimum Gasteiger partial charge on any atom is -0.481 e. The number of methoxy groups -OCH3 is 1. The van der Waals surface area contributed by atoms with Crippen LogP contribution in [0.4, 0.5) is 0 Å². The number of aryl methyl sites for hydroxylation is 1. The van der Waals surface area contributed by atoms with Crippen LogP contribution in [-0.2, 0) is 13.0 Å². The molecule has 4 aromatic rings. The number of hydrogen-bond acceptors (Lipinski definition) is 7. The summed E-state index contributed by atoms with van der Waals surface area (Å²) in [5.74, 6) is -1.30. The zero-order valence-electron chi connectivity index (χ0n) is 17.9. The molecule has 0 atom stereocenters. The lowest BCUT2D eigenvalue weighted by atomic mass is 10.0. The third kappa shape index (κ3) is 4.59. The molecule has 0 saturated heterocycles. The lowest BCUT2D eigenvalue weighted by Crippen LogP contribution is -2.23. The highest BCUT2D eigenvalue weighted by atomic mass is 16.5. The summed E-state index contributed by atoms with van der Waals surface area (Å²) in [6.07, 6.45) is 3.37. The molecule has 10 heteroatoms. The second kappa shape index (κ2) is 8.95. The summed E-state index contributed by atoms with van der Waals surface area (Å²) in [6.45, 7) is 1.81. The van der Waals surface area contributed by atoms with E-state index >= 15 is 0 Å². The highest BCUT2D eigenvalue weighted by Crippen LogP contribution is 2.14. The monoisotopic (exact) mass is 448 g/mol. The number of rotatable bonds is 7. The maximum atomic E-state index is 12.8. The molecule has 3 heterocycles. The van der Waals surface area contributed by atoms with Crippen LogP contribution in [0.25, 0.3) is 5.71 Å². The first-order valence-corrected chi connectivity index (χ1v) is 9.97. The van der Waals surface area contributed by atoms with E-state index in [-0.39, 0.29) is 35.6 Å². The Kier molecular flexibility index (Phi) is 5.90. The smallest absolute Gasteiger partial charge is 0.335 e. The number of hydrogen-bond donors (Lipinski definition) is 2. The molecule has 0 aliphatic heterocycles. The Morgan fingerprint density at radius 3 is 2.64 bits per heavy atom. The third-order valence-corrected chi connectivity index (χ3v) is 5.08. The van der Waals surface area contributed by atoms with Crippen LogP contribution in [0.15, 0.2) is 58.0 Å². The molecule has 4 rings (SSSR count). The van der Waals surface area contributed by atoms with Crippen LogP contribution in [0, 0.1) is 6.92 Å². The molecule has 0 unspecified atom stereocenters. The van der Waals surface area contributed by atoms with Crippen molar-refractivity contribution in [3.63, 3.8) is 0 Å². The molecular formula is C23H20N4O6. The molecule has 0 radical (unpaired) electrons. The number of pyridine rings is 2. The largest absolute Gasteiger partial charge is 0.481 e. The molecule has 2 N–H and O–H groups in total. The number of ether oxygens (including phenoxy) is 1. The molecule has 10 nitrogen and oxygen atoms in total. The van der Waals surface area contributed by atoms with Crippen LogP contribution < -0.4 is 15.5 Å². The SMILES string of the molecule is COc1cc(CNC(=O)c2nn3cc(Cc4ccc(C(=O)O)cc4)c(=O)c(C)c3o2)ccn1. The van der Waals surface area contributed by atoms with Crippen molar-refractivity contribution < 1.29 is 23.8 Å². The van der Waals surface area contributed by atoms with Crippen LogP contribution in [0.5, 0.6) is 5.88 Å². The molecule has 33 heavy (non-hydrogen) atoms. The lowest BCUT2D eigenvalue weighted by Gasteiger charge is -2.04. The number of aromatic nitrogens is 3. The summed E-state index contributed by atoms with van der Waals surface area (Å²) in [4.78, 5) is 40.4. The molecule has 168 valence electrons. The fourth-order valence-corrected chi connectivity index (χ4v) is 3.31. The first-order valence-electron chi connectivity index (χ1n) is 9.97. The second-order valence-corrected chi connectivity index (χ2v) is 7.33. The Morgan fingerprint density at radius 1 is 1.18 bits per heavy atom. The summed E-state index contributed by atoms with van der Waals surface area (Å²) in [5.41, 5.74) is 2.43. The normalized spacial score (nSPS) is 10.8. The highest BCUT2D eigenvalue weighted by Gasteiger charge is 2.18. The van der Waals surface area contributed by atoms with E-state index in [0.717, 1.165) is 11.1 Å². The maximum Gasteiger partial charge on any atom is 0.335 e. The van der Waals surface area contributed by atoms with Gasteiger partial charge in [0.1, 0.15) is 0 Å². The van der Waals surface area contributed by atoms with E-state index in [1.165, 1.54) is 30.0 Å². The Morgan fingerprint density at radius 2 is 1.94 bits per heavy atom. The highest BCUT2D eigenvalue weighted by molar-refractivity contribution is 5.89.